The van der Waals surface area contributed by atoms with Crippen molar-refractivity contribution < 1.29 is 14.3 Å². The first-order valence-corrected chi connectivity index (χ1v) is 5.43. The molecule has 2 rings (SSSR count). The van der Waals surface area contributed by atoms with Crippen molar-refractivity contribution >= 4 is 17.6 Å². The standard InChI is InChI=1S/C12H8ClFN2O2/c13-8-4-2-1-3-7(8)5-9-10(14)11(12(17)18)16-6-15-9/h1-4,6H,5H2,(H,17,18). The van der Waals surface area contributed by atoms with E-state index in [-0.39, 0.29) is 12.1 Å². The van der Waals surface area contributed by atoms with E-state index >= 15 is 0 Å². The third kappa shape index (κ3) is 2.46. The number of benzene rings is 1. The summed E-state index contributed by atoms with van der Waals surface area (Å²) in [6.07, 6.45) is 1.15. The van der Waals surface area contributed by atoms with Crippen LogP contribution in [0.4, 0.5) is 4.39 Å². The minimum Gasteiger partial charge on any atom is -0.476 e. The van der Waals surface area contributed by atoms with Gasteiger partial charge in [0, 0.05) is 11.4 Å². The highest BCUT2D eigenvalue weighted by molar-refractivity contribution is 6.31. The van der Waals surface area contributed by atoms with Crippen LogP contribution in [0.2, 0.25) is 5.02 Å². The lowest BCUT2D eigenvalue weighted by atomic mass is 10.1. The number of rotatable bonds is 3. The number of carbonyl (C=O) groups is 1. The Morgan fingerprint density at radius 2 is 2.06 bits per heavy atom. The summed E-state index contributed by atoms with van der Waals surface area (Å²) in [7, 11) is 0. The fourth-order valence-electron chi connectivity index (χ4n) is 1.50. The van der Waals surface area contributed by atoms with Gasteiger partial charge < -0.3 is 5.11 Å². The zero-order valence-electron chi connectivity index (χ0n) is 9.10. The van der Waals surface area contributed by atoms with Gasteiger partial charge in [-0.25, -0.2) is 19.2 Å². The molecule has 0 saturated carbocycles. The number of halogens is 2. The van der Waals surface area contributed by atoms with Crippen LogP contribution in [0.5, 0.6) is 0 Å². The van der Waals surface area contributed by atoms with Crippen molar-refractivity contribution in [2.75, 3.05) is 0 Å². The third-order valence-electron chi connectivity index (χ3n) is 2.38. The second-order valence-corrected chi connectivity index (χ2v) is 3.96. The van der Waals surface area contributed by atoms with E-state index in [0.29, 0.717) is 10.6 Å². The molecule has 2 aromatic rings. The summed E-state index contributed by atoms with van der Waals surface area (Å²) in [5.41, 5.74) is 0.0515. The molecule has 1 aromatic heterocycles. The third-order valence-corrected chi connectivity index (χ3v) is 2.75. The summed E-state index contributed by atoms with van der Waals surface area (Å²) in [6, 6.07) is 6.92. The average molecular weight is 267 g/mol. The van der Waals surface area contributed by atoms with Crippen molar-refractivity contribution in [1.82, 2.24) is 9.97 Å². The zero-order chi connectivity index (χ0) is 13.1. The molecule has 0 amide bonds. The van der Waals surface area contributed by atoms with Gasteiger partial charge in [-0.15, -0.1) is 0 Å². The van der Waals surface area contributed by atoms with E-state index in [1.807, 2.05) is 0 Å². The van der Waals surface area contributed by atoms with Crippen LogP contribution in [0.1, 0.15) is 21.7 Å². The Morgan fingerprint density at radius 1 is 1.33 bits per heavy atom. The molecule has 0 aliphatic carbocycles. The van der Waals surface area contributed by atoms with E-state index < -0.39 is 17.5 Å². The van der Waals surface area contributed by atoms with E-state index in [1.54, 1.807) is 24.3 Å². The van der Waals surface area contributed by atoms with Gasteiger partial charge >= 0.3 is 5.97 Å². The van der Waals surface area contributed by atoms with Gasteiger partial charge in [0.1, 0.15) is 6.33 Å². The SMILES string of the molecule is O=C(O)c1ncnc(Cc2ccccc2Cl)c1F. The van der Waals surface area contributed by atoms with Crippen molar-refractivity contribution in [1.29, 1.82) is 0 Å². The fraction of sp³-hybridized carbons (Fsp3) is 0.0833. The van der Waals surface area contributed by atoms with E-state index in [4.69, 9.17) is 16.7 Å². The molecule has 0 bridgehead atoms. The smallest absolute Gasteiger partial charge is 0.357 e. The Labute approximate surface area is 107 Å². The number of hydrogen-bond acceptors (Lipinski definition) is 3. The summed E-state index contributed by atoms with van der Waals surface area (Å²) in [5.74, 6) is -2.35. The number of aromatic carboxylic acids is 1. The number of carboxylic acids is 1. The van der Waals surface area contributed by atoms with Crippen LogP contribution < -0.4 is 0 Å². The Balaban J connectivity index is 2.39. The lowest BCUT2D eigenvalue weighted by Gasteiger charge is -2.05. The molecule has 0 aliphatic heterocycles. The largest absolute Gasteiger partial charge is 0.476 e. The van der Waals surface area contributed by atoms with Crippen LogP contribution >= 0.6 is 11.6 Å². The highest BCUT2D eigenvalue weighted by Gasteiger charge is 2.17. The first kappa shape index (κ1) is 12.4. The maximum absolute atomic E-state index is 13.8. The quantitative estimate of drug-likeness (QED) is 0.927. The molecule has 1 aromatic carbocycles. The van der Waals surface area contributed by atoms with Crippen LogP contribution in [0, 0.1) is 5.82 Å². The predicted molar refractivity (Wildman–Crippen MR) is 63.2 cm³/mol. The number of hydrogen-bond donors (Lipinski definition) is 1. The molecule has 0 fully saturated rings. The van der Waals surface area contributed by atoms with Gasteiger partial charge in [-0.2, -0.15) is 0 Å². The Hall–Kier alpha value is -2.01. The normalized spacial score (nSPS) is 10.3. The van der Waals surface area contributed by atoms with Crippen molar-refractivity contribution in [2.24, 2.45) is 0 Å². The summed E-state index contributed by atoms with van der Waals surface area (Å²) in [6.45, 7) is 0. The topological polar surface area (TPSA) is 63.1 Å². The van der Waals surface area contributed by atoms with Crippen molar-refractivity contribution in [3.05, 3.63) is 58.4 Å². The molecule has 0 spiro atoms. The fourth-order valence-corrected chi connectivity index (χ4v) is 1.70. The summed E-state index contributed by atoms with van der Waals surface area (Å²) in [5, 5.41) is 9.23. The van der Waals surface area contributed by atoms with Crippen molar-refractivity contribution in [2.45, 2.75) is 6.42 Å². The van der Waals surface area contributed by atoms with Gasteiger partial charge in [0.2, 0.25) is 0 Å². The molecular formula is C12H8ClFN2O2. The first-order chi connectivity index (χ1) is 8.59. The van der Waals surface area contributed by atoms with Gasteiger partial charge in [-0.05, 0) is 11.6 Å². The Bertz CT molecular complexity index is 604. The lowest BCUT2D eigenvalue weighted by molar-refractivity contribution is 0.0684. The minimum atomic E-state index is -1.42. The van der Waals surface area contributed by atoms with Crippen LogP contribution in [0.3, 0.4) is 0 Å². The zero-order valence-corrected chi connectivity index (χ0v) is 9.86. The molecule has 4 nitrogen and oxygen atoms in total. The van der Waals surface area contributed by atoms with E-state index in [1.165, 1.54) is 0 Å². The van der Waals surface area contributed by atoms with Gasteiger partial charge in [0.15, 0.2) is 11.5 Å². The molecule has 0 unspecified atom stereocenters. The van der Waals surface area contributed by atoms with Crippen molar-refractivity contribution in [3.63, 3.8) is 0 Å². The lowest BCUT2D eigenvalue weighted by Crippen LogP contribution is -2.09. The summed E-state index contributed by atoms with van der Waals surface area (Å²) in [4.78, 5) is 17.9. The highest BCUT2D eigenvalue weighted by atomic mass is 35.5. The van der Waals surface area contributed by atoms with Crippen LogP contribution in [-0.4, -0.2) is 21.0 Å². The summed E-state index contributed by atoms with van der Waals surface area (Å²) < 4.78 is 13.8. The monoisotopic (exact) mass is 266 g/mol. The van der Waals surface area contributed by atoms with E-state index in [2.05, 4.69) is 9.97 Å². The van der Waals surface area contributed by atoms with Crippen LogP contribution in [0.25, 0.3) is 0 Å². The van der Waals surface area contributed by atoms with E-state index in [0.717, 1.165) is 6.33 Å². The van der Waals surface area contributed by atoms with Gasteiger partial charge in [0.25, 0.3) is 0 Å². The number of aromatic nitrogens is 2. The average Bonchev–Trinajstić information content (AvgIpc) is 2.34. The van der Waals surface area contributed by atoms with Crippen LogP contribution in [-0.2, 0) is 6.42 Å². The van der Waals surface area contributed by atoms with Crippen molar-refractivity contribution in [3.8, 4) is 0 Å². The minimum absolute atomic E-state index is 0.00972. The second kappa shape index (κ2) is 5.10. The first-order valence-electron chi connectivity index (χ1n) is 5.05. The Morgan fingerprint density at radius 3 is 2.72 bits per heavy atom. The van der Waals surface area contributed by atoms with Gasteiger partial charge in [-0.1, -0.05) is 29.8 Å². The molecule has 6 heteroatoms. The molecular weight excluding hydrogens is 259 g/mol. The molecule has 18 heavy (non-hydrogen) atoms. The molecule has 0 radical (unpaired) electrons. The summed E-state index contributed by atoms with van der Waals surface area (Å²) >= 11 is 5.95. The predicted octanol–water partition coefficient (Wildman–Crippen LogP) is 2.56. The van der Waals surface area contributed by atoms with Crippen LogP contribution in [0.15, 0.2) is 30.6 Å². The second-order valence-electron chi connectivity index (χ2n) is 3.56. The maximum Gasteiger partial charge on any atom is 0.357 e. The molecule has 1 N–H and O–H groups in total. The molecule has 0 atom stereocenters. The molecule has 0 saturated heterocycles. The molecule has 0 aliphatic rings. The highest BCUT2D eigenvalue weighted by Crippen LogP contribution is 2.19. The van der Waals surface area contributed by atoms with Gasteiger partial charge in [-0.3, -0.25) is 0 Å². The Kier molecular flexibility index (Phi) is 3.53. The van der Waals surface area contributed by atoms with E-state index in [9.17, 15) is 9.18 Å². The molecule has 1 heterocycles. The maximum atomic E-state index is 13.8. The van der Waals surface area contributed by atoms with Gasteiger partial charge in [0.05, 0.1) is 5.69 Å². The molecule has 92 valence electrons. The number of nitrogens with zero attached hydrogens (tertiary/aromatic N) is 2. The number of carboxylic acid groups (broad SMARTS) is 1.